The van der Waals surface area contributed by atoms with Crippen molar-refractivity contribution in [3.05, 3.63) is 0 Å². The Balaban J connectivity index is 2.63. The van der Waals surface area contributed by atoms with Gasteiger partial charge in [-0.3, -0.25) is 0 Å². The number of rotatable bonds is 2. The van der Waals surface area contributed by atoms with Crippen molar-refractivity contribution in [3.8, 4) is 0 Å². The molecule has 2 heteroatoms. The molecule has 1 unspecified atom stereocenters. The van der Waals surface area contributed by atoms with Crippen LogP contribution in [0.1, 0.15) is 13.8 Å². The molecule has 37 valence electrons. The van der Waals surface area contributed by atoms with Gasteiger partial charge < -0.3 is 4.74 Å². The van der Waals surface area contributed by atoms with Gasteiger partial charge in [-0.1, -0.05) is 0 Å². The molecule has 2 nitrogen and oxygen atoms in total. The third kappa shape index (κ3) is 3.92. The van der Waals surface area contributed by atoms with Crippen LogP contribution in [-0.2, 0) is 9.84 Å². The van der Waals surface area contributed by atoms with Crippen molar-refractivity contribution in [2.45, 2.75) is 20.1 Å². The van der Waals surface area contributed by atoms with Crippen molar-refractivity contribution in [2.75, 3.05) is 6.61 Å². The van der Waals surface area contributed by atoms with Gasteiger partial charge >= 0.3 is 0 Å². The van der Waals surface area contributed by atoms with E-state index in [4.69, 9.17) is 0 Å². The highest BCUT2D eigenvalue weighted by Gasteiger charge is 1.88. The molecular weight excluding hydrogens is 80.0 g/mol. The fourth-order valence-electron chi connectivity index (χ4n) is 0.235. The number of ether oxygens (including phenoxy) is 1. The molecule has 0 aromatic rings. The fraction of sp³-hybridized carbons (Fsp3) is 1.00. The third-order valence-electron chi connectivity index (χ3n) is 0.401. The van der Waals surface area contributed by atoms with E-state index in [-0.39, 0.29) is 0 Å². The van der Waals surface area contributed by atoms with Crippen molar-refractivity contribution >= 4 is 0 Å². The molecule has 6 heavy (non-hydrogen) atoms. The molecule has 0 heterocycles. The van der Waals surface area contributed by atoms with Crippen molar-refractivity contribution in [1.29, 1.82) is 0 Å². The van der Waals surface area contributed by atoms with Gasteiger partial charge in [0.15, 0.2) is 6.29 Å². The van der Waals surface area contributed by atoms with Crippen molar-refractivity contribution in [2.24, 2.45) is 0 Å². The SMILES string of the molecule is CCOC(C)[O]. The quantitative estimate of drug-likeness (QED) is 0.460. The highest BCUT2D eigenvalue weighted by Crippen LogP contribution is 1.80. The maximum Gasteiger partial charge on any atom is 0.188 e. The summed E-state index contributed by atoms with van der Waals surface area (Å²) in [7, 11) is 0. The van der Waals surface area contributed by atoms with E-state index in [2.05, 4.69) is 4.74 Å². The molecule has 0 aromatic heterocycles. The first-order chi connectivity index (χ1) is 2.77. The lowest BCUT2D eigenvalue weighted by atomic mass is 10.7. The predicted molar refractivity (Wildman–Crippen MR) is 21.8 cm³/mol. The van der Waals surface area contributed by atoms with E-state index < -0.39 is 6.29 Å². The summed E-state index contributed by atoms with van der Waals surface area (Å²) in [6.45, 7) is 3.79. The van der Waals surface area contributed by atoms with Gasteiger partial charge in [0, 0.05) is 6.61 Å². The lowest BCUT2D eigenvalue weighted by Gasteiger charge is -1.96. The minimum Gasteiger partial charge on any atom is -0.350 e. The molecule has 1 atom stereocenters. The zero-order chi connectivity index (χ0) is 4.99. The van der Waals surface area contributed by atoms with E-state index in [0.29, 0.717) is 6.61 Å². The first-order valence-corrected chi connectivity index (χ1v) is 2.04. The van der Waals surface area contributed by atoms with E-state index >= 15 is 0 Å². The number of hydrogen-bond donors (Lipinski definition) is 0. The van der Waals surface area contributed by atoms with Crippen LogP contribution >= 0.6 is 0 Å². The molecule has 0 saturated carbocycles. The van der Waals surface area contributed by atoms with Crippen LogP contribution in [0.25, 0.3) is 0 Å². The van der Waals surface area contributed by atoms with E-state index in [0.717, 1.165) is 0 Å². The first kappa shape index (κ1) is 5.92. The highest BCUT2D eigenvalue weighted by atomic mass is 16.6. The molecule has 0 bridgehead atoms. The molecule has 0 spiro atoms. The van der Waals surface area contributed by atoms with Gasteiger partial charge in [-0.15, -0.1) is 0 Å². The van der Waals surface area contributed by atoms with Crippen molar-refractivity contribution in [3.63, 3.8) is 0 Å². The summed E-state index contributed by atoms with van der Waals surface area (Å²) in [4.78, 5) is 0. The Morgan fingerprint density at radius 2 is 2.33 bits per heavy atom. The van der Waals surface area contributed by atoms with Crippen LogP contribution in [0.3, 0.4) is 0 Å². The Morgan fingerprint density at radius 3 is 2.33 bits per heavy atom. The minimum absolute atomic E-state index is 0.519. The summed E-state index contributed by atoms with van der Waals surface area (Å²) in [5, 5.41) is 9.90. The average molecular weight is 89.1 g/mol. The molecule has 0 aliphatic carbocycles. The molecule has 1 radical (unpaired) electrons. The van der Waals surface area contributed by atoms with Gasteiger partial charge in [0.1, 0.15) is 0 Å². The zero-order valence-corrected chi connectivity index (χ0v) is 4.10. The largest absolute Gasteiger partial charge is 0.350 e. The minimum atomic E-state index is -0.852. The zero-order valence-electron chi connectivity index (χ0n) is 4.10. The Hall–Kier alpha value is -0.0800. The lowest BCUT2D eigenvalue weighted by Crippen LogP contribution is -2.02. The summed E-state index contributed by atoms with van der Waals surface area (Å²) in [6.07, 6.45) is -0.852. The van der Waals surface area contributed by atoms with Crippen LogP contribution < -0.4 is 0 Å². The second-order valence-electron chi connectivity index (χ2n) is 1.02. The Labute approximate surface area is 37.7 Å². The van der Waals surface area contributed by atoms with Crippen molar-refractivity contribution < 1.29 is 9.84 Å². The molecule has 0 fully saturated rings. The van der Waals surface area contributed by atoms with Gasteiger partial charge in [-0.25, -0.2) is 5.11 Å². The molecule has 0 N–H and O–H groups in total. The Kier molecular flexibility index (Phi) is 3.08. The molecule has 0 amide bonds. The van der Waals surface area contributed by atoms with Crippen molar-refractivity contribution in [1.82, 2.24) is 0 Å². The second-order valence-corrected chi connectivity index (χ2v) is 1.02. The topological polar surface area (TPSA) is 29.1 Å². The van der Waals surface area contributed by atoms with Gasteiger partial charge in [0.25, 0.3) is 0 Å². The molecule has 0 rings (SSSR count). The van der Waals surface area contributed by atoms with Gasteiger partial charge in [0.05, 0.1) is 0 Å². The Bertz CT molecular complexity index is 26.7. The summed E-state index contributed by atoms with van der Waals surface area (Å²) < 4.78 is 4.49. The Morgan fingerprint density at radius 1 is 1.83 bits per heavy atom. The van der Waals surface area contributed by atoms with E-state index in [9.17, 15) is 5.11 Å². The van der Waals surface area contributed by atoms with Crippen LogP contribution in [0.2, 0.25) is 0 Å². The molecule has 0 aliphatic heterocycles. The normalized spacial score (nSPS) is 14.5. The standard InChI is InChI=1S/C4H9O2/c1-3-6-4(2)5/h4H,3H2,1-2H3. The van der Waals surface area contributed by atoms with Crippen LogP contribution in [0.5, 0.6) is 0 Å². The summed E-state index contributed by atoms with van der Waals surface area (Å²) in [6, 6.07) is 0. The average Bonchev–Trinajstić information content (AvgIpc) is 1.35. The van der Waals surface area contributed by atoms with Crippen LogP contribution in [0.4, 0.5) is 0 Å². The lowest BCUT2D eigenvalue weighted by molar-refractivity contribution is -0.122. The summed E-state index contributed by atoms with van der Waals surface area (Å²) >= 11 is 0. The van der Waals surface area contributed by atoms with E-state index in [1.807, 2.05) is 0 Å². The molecular formula is C4H9O2. The molecule has 0 aromatic carbocycles. The first-order valence-electron chi connectivity index (χ1n) is 2.04. The summed E-state index contributed by atoms with van der Waals surface area (Å²) in [5.74, 6) is 0. The van der Waals surface area contributed by atoms with Crippen LogP contribution in [-0.4, -0.2) is 12.9 Å². The third-order valence-corrected chi connectivity index (χ3v) is 0.401. The predicted octanol–water partition coefficient (Wildman–Crippen LogP) is 0.799. The smallest absolute Gasteiger partial charge is 0.188 e. The summed E-state index contributed by atoms with van der Waals surface area (Å²) in [5.41, 5.74) is 0. The van der Waals surface area contributed by atoms with E-state index in [1.54, 1.807) is 6.92 Å². The van der Waals surface area contributed by atoms with Crippen LogP contribution in [0, 0.1) is 0 Å². The van der Waals surface area contributed by atoms with Gasteiger partial charge in [0.2, 0.25) is 0 Å². The fourth-order valence-corrected chi connectivity index (χ4v) is 0.235. The monoisotopic (exact) mass is 89.1 g/mol. The molecule has 0 saturated heterocycles. The molecule has 0 aliphatic rings. The van der Waals surface area contributed by atoms with Gasteiger partial charge in [-0.05, 0) is 13.8 Å². The number of hydrogen-bond acceptors (Lipinski definition) is 1. The maximum atomic E-state index is 9.90. The highest BCUT2D eigenvalue weighted by molar-refractivity contribution is 4.17. The maximum absolute atomic E-state index is 9.90. The van der Waals surface area contributed by atoms with Crippen LogP contribution in [0.15, 0.2) is 0 Å². The van der Waals surface area contributed by atoms with Gasteiger partial charge in [-0.2, -0.15) is 0 Å². The second kappa shape index (κ2) is 3.12. The van der Waals surface area contributed by atoms with E-state index in [1.165, 1.54) is 6.92 Å².